The summed E-state index contributed by atoms with van der Waals surface area (Å²) in [6.07, 6.45) is 11.0. The maximum Gasteiger partial charge on any atom is 0.344 e. The van der Waals surface area contributed by atoms with Crippen molar-refractivity contribution in [2.75, 3.05) is 11.9 Å². The quantitative estimate of drug-likeness (QED) is 0.312. The molecule has 2 heterocycles. The molecule has 0 spiro atoms. The van der Waals surface area contributed by atoms with Crippen LogP contribution < -0.4 is 10.6 Å². The number of rotatable bonds is 8. The van der Waals surface area contributed by atoms with E-state index in [0.29, 0.717) is 23.7 Å². The maximum atomic E-state index is 13.3. The van der Waals surface area contributed by atoms with Gasteiger partial charge in [0, 0.05) is 23.3 Å². The zero-order valence-corrected chi connectivity index (χ0v) is 23.9. The van der Waals surface area contributed by atoms with Crippen LogP contribution in [0.15, 0.2) is 101 Å². The topological polar surface area (TPSA) is 102 Å². The lowest BCUT2D eigenvalue weighted by Crippen LogP contribution is -2.51. The van der Waals surface area contributed by atoms with Crippen LogP contribution in [0.1, 0.15) is 43.6 Å². The molecule has 0 radical (unpaired) electrons. The number of allylic oxidation sites excluding steroid dienone is 4. The highest BCUT2D eigenvalue weighted by atomic mass is 32.1. The largest absolute Gasteiger partial charge is 0.488 e. The number of thiazole rings is 1. The second kappa shape index (κ2) is 12.8. The number of benzene rings is 2. The molecule has 8 nitrogen and oxygen atoms in total. The molecule has 9 heteroatoms. The summed E-state index contributed by atoms with van der Waals surface area (Å²) in [7, 11) is 0. The van der Waals surface area contributed by atoms with Crippen LogP contribution in [0.3, 0.4) is 0 Å². The third-order valence-corrected chi connectivity index (χ3v) is 7.53. The molecule has 3 aromatic rings. The van der Waals surface area contributed by atoms with Crippen LogP contribution in [0.25, 0.3) is 11.3 Å². The minimum atomic E-state index is -1.27. The smallest absolute Gasteiger partial charge is 0.344 e. The van der Waals surface area contributed by atoms with Gasteiger partial charge in [0.05, 0.1) is 5.69 Å². The fourth-order valence-electron chi connectivity index (χ4n) is 4.41. The summed E-state index contributed by atoms with van der Waals surface area (Å²) in [5.41, 5.74) is 2.89. The zero-order valence-electron chi connectivity index (χ0n) is 23.1. The summed E-state index contributed by atoms with van der Waals surface area (Å²) in [5, 5.41) is 6.02. The molecule has 0 atom stereocenters. The van der Waals surface area contributed by atoms with Crippen molar-refractivity contribution in [3.05, 3.63) is 107 Å². The number of carbonyl (C=O) groups is 2. The van der Waals surface area contributed by atoms with Gasteiger partial charge in [0.15, 0.2) is 11.7 Å². The van der Waals surface area contributed by atoms with E-state index >= 15 is 0 Å². The van der Waals surface area contributed by atoms with Crippen molar-refractivity contribution in [3.8, 4) is 11.3 Å². The number of amides is 3. The number of aliphatic imine (C=N–C) groups is 1. The van der Waals surface area contributed by atoms with E-state index in [2.05, 4.69) is 39.9 Å². The summed E-state index contributed by atoms with van der Waals surface area (Å²) in [6.45, 7) is 3.27. The van der Waals surface area contributed by atoms with Crippen molar-refractivity contribution in [1.82, 2.24) is 10.3 Å². The Morgan fingerprint density at radius 2 is 1.80 bits per heavy atom. The summed E-state index contributed by atoms with van der Waals surface area (Å²) < 4.78 is 11.2. The lowest BCUT2D eigenvalue weighted by atomic mass is 10.0. The minimum absolute atomic E-state index is 0.0358. The first-order valence-corrected chi connectivity index (χ1v) is 14.3. The molecule has 210 valence electrons. The van der Waals surface area contributed by atoms with E-state index in [1.54, 1.807) is 20.1 Å². The number of urea groups is 1. The first-order chi connectivity index (χ1) is 19.9. The predicted octanol–water partition coefficient (Wildman–Crippen LogP) is 6.78. The molecule has 0 saturated heterocycles. The van der Waals surface area contributed by atoms with Crippen LogP contribution in [0.4, 0.5) is 9.93 Å². The van der Waals surface area contributed by atoms with Crippen LogP contribution in [0.5, 0.6) is 0 Å². The van der Waals surface area contributed by atoms with Crippen molar-refractivity contribution in [1.29, 1.82) is 0 Å². The van der Waals surface area contributed by atoms with Gasteiger partial charge in [0.25, 0.3) is 5.91 Å². The number of hydrogen-bond donors (Lipinski definition) is 2. The second-order valence-electron chi connectivity index (χ2n) is 10.3. The Balaban J connectivity index is 1.24. The van der Waals surface area contributed by atoms with Crippen molar-refractivity contribution < 1.29 is 19.1 Å². The molecule has 41 heavy (non-hydrogen) atoms. The number of nitrogens with one attached hydrogen (secondary N) is 2. The average molecular weight is 569 g/mol. The number of carbonyl (C=O) groups excluding carboxylic acids is 2. The van der Waals surface area contributed by atoms with Gasteiger partial charge in [-0.2, -0.15) is 4.99 Å². The Labute approximate surface area is 243 Å². The SMILES string of the molecule is CC(C)(NC(=O)N=C1COC=C(CC2=CC=CCC2)O1)C(=O)Nc1nc(-c2ccccc2)c(Cc2ccccc2)s1. The fourth-order valence-corrected chi connectivity index (χ4v) is 5.43. The monoisotopic (exact) mass is 568 g/mol. The fraction of sp³-hybridized carbons (Fsp3) is 0.250. The van der Waals surface area contributed by atoms with Gasteiger partial charge in [0.1, 0.15) is 17.6 Å². The van der Waals surface area contributed by atoms with E-state index in [9.17, 15) is 9.59 Å². The standard InChI is InChI=1S/C32H32N4O4S/c1-32(2,36-30(38)33-27-21-39-20-25(40-27)18-22-12-6-3-7-13-22)29(37)35-31-34-28(24-16-10-5-11-17-24)26(41-31)19-23-14-8-4-9-15-23/h3-6,8-12,14-17,20H,7,13,18-19,21H2,1-2H3,(H,36,38)(H,34,35,37). The summed E-state index contributed by atoms with van der Waals surface area (Å²) >= 11 is 1.42. The highest BCUT2D eigenvalue weighted by molar-refractivity contribution is 7.16. The number of anilines is 1. The Bertz CT molecular complexity index is 1520. The normalized spacial score (nSPS) is 15.8. The Hall–Kier alpha value is -4.50. The zero-order chi connectivity index (χ0) is 28.7. The van der Waals surface area contributed by atoms with Gasteiger partial charge in [0.2, 0.25) is 5.90 Å². The molecular weight excluding hydrogens is 536 g/mol. The molecule has 2 aliphatic rings. The van der Waals surface area contributed by atoms with Crippen molar-refractivity contribution >= 4 is 34.3 Å². The van der Waals surface area contributed by atoms with E-state index in [4.69, 9.17) is 14.5 Å². The molecule has 0 unspecified atom stereocenters. The number of aromatic nitrogens is 1. The maximum absolute atomic E-state index is 13.3. The summed E-state index contributed by atoms with van der Waals surface area (Å²) in [6, 6.07) is 19.3. The number of hydrogen-bond acceptors (Lipinski definition) is 6. The second-order valence-corrected chi connectivity index (χ2v) is 11.4. The van der Waals surface area contributed by atoms with Crippen molar-refractivity contribution in [2.24, 2.45) is 4.99 Å². The Kier molecular flexibility index (Phi) is 8.74. The van der Waals surface area contributed by atoms with Crippen LogP contribution in [0.2, 0.25) is 0 Å². The van der Waals surface area contributed by atoms with Crippen LogP contribution in [-0.2, 0) is 20.7 Å². The third-order valence-electron chi connectivity index (χ3n) is 6.56. The molecule has 3 amide bonds. The van der Waals surface area contributed by atoms with Gasteiger partial charge < -0.3 is 14.8 Å². The molecule has 1 aromatic heterocycles. The molecule has 5 rings (SSSR count). The number of ether oxygens (including phenoxy) is 2. The predicted molar refractivity (Wildman–Crippen MR) is 162 cm³/mol. The molecule has 1 aliphatic heterocycles. The van der Waals surface area contributed by atoms with Gasteiger partial charge in [-0.25, -0.2) is 9.78 Å². The van der Waals surface area contributed by atoms with Crippen molar-refractivity contribution in [3.63, 3.8) is 0 Å². The lowest BCUT2D eigenvalue weighted by molar-refractivity contribution is -0.120. The Morgan fingerprint density at radius 3 is 2.54 bits per heavy atom. The molecule has 2 aromatic carbocycles. The molecule has 2 N–H and O–H groups in total. The van der Waals surface area contributed by atoms with Gasteiger partial charge in [-0.1, -0.05) is 84.5 Å². The van der Waals surface area contributed by atoms with E-state index in [1.807, 2.05) is 54.6 Å². The van der Waals surface area contributed by atoms with E-state index in [0.717, 1.165) is 34.5 Å². The first-order valence-electron chi connectivity index (χ1n) is 13.5. The van der Waals surface area contributed by atoms with E-state index in [1.165, 1.54) is 16.9 Å². The van der Waals surface area contributed by atoms with Crippen LogP contribution >= 0.6 is 11.3 Å². The number of nitrogens with zero attached hydrogens (tertiary/aromatic N) is 2. The molecule has 0 fully saturated rings. The highest BCUT2D eigenvalue weighted by Crippen LogP contribution is 2.33. The molecule has 0 bridgehead atoms. The van der Waals surface area contributed by atoms with E-state index < -0.39 is 17.5 Å². The summed E-state index contributed by atoms with van der Waals surface area (Å²) in [4.78, 5) is 35.8. The summed E-state index contributed by atoms with van der Waals surface area (Å²) in [5.74, 6) is 0.316. The Morgan fingerprint density at radius 1 is 1.05 bits per heavy atom. The lowest BCUT2D eigenvalue weighted by Gasteiger charge is -2.24. The molecule has 0 saturated carbocycles. The first kappa shape index (κ1) is 28.0. The van der Waals surface area contributed by atoms with Gasteiger partial charge in [-0.15, -0.1) is 11.3 Å². The van der Waals surface area contributed by atoms with Crippen LogP contribution in [-0.4, -0.2) is 35.0 Å². The third kappa shape index (κ3) is 7.58. The molecular formula is C32H32N4O4S. The highest BCUT2D eigenvalue weighted by Gasteiger charge is 2.31. The van der Waals surface area contributed by atoms with Crippen LogP contribution in [0, 0.1) is 0 Å². The van der Waals surface area contributed by atoms with Gasteiger partial charge >= 0.3 is 6.03 Å². The van der Waals surface area contributed by atoms with E-state index in [-0.39, 0.29) is 12.5 Å². The van der Waals surface area contributed by atoms with Gasteiger partial charge in [-0.05, 0) is 32.3 Å². The van der Waals surface area contributed by atoms with Gasteiger partial charge in [-0.3, -0.25) is 10.1 Å². The average Bonchev–Trinajstić information content (AvgIpc) is 3.36. The minimum Gasteiger partial charge on any atom is -0.488 e. The van der Waals surface area contributed by atoms with Crippen molar-refractivity contribution in [2.45, 2.75) is 45.1 Å². The molecule has 1 aliphatic carbocycles.